The molecule has 0 unspecified atom stereocenters. The Labute approximate surface area is 717 Å². The molecule has 51 nitrogen and oxygen atoms in total. The number of imidazole rings is 2. The Kier molecular flexibility index (Phi) is 46.5. The molecule has 0 radical (unpaired) electrons. The van der Waals surface area contributed by atoms with Crippen LogP contribution in [0.25, 0.3) is 0 Å². The van der Waals surface area contributed by atoms with Gasteiger partial charge in [-0.25, -0.2) is 14.8 Å². The van der Waals surface area contributed by atoms with E-state index < -0.39 is 291 Å². The zero-order chi connectivity index (χ0) is 94.8. The average Bonchev–Trinajstić information content (AvgIpc) is 1.07. The number of carbonyl (C=O) groups excluding carboxylic acids is 18. The number of nitrogens with one attached hydrogen (secondary N) is 20. The summed E-state index contributed by atoms with van der Waals surface area (Å²) in [7, 11) is 0. The van der Waals surface area contributed by atoms with E-state index in [9.17, 15) is 121 Å². The number of hydrogen-bond acceptors (Lipinski definition) is 26. The highest BCUT2D eigenvalue weighted by molar-refractivity contribution is 6.02. The van der Waals surface area contributed by atoms with Crippen LogP contribution in [0.2, 0.25) is 0 Å². The van der Waals surface area contributed by atoms with Crippen LogP contribution in [0.15, 0.2) is 25.0 Å². The zero-order valence-electron chi connectivity index (χ0n) is 71.2. The van der Waals surface area contributed by atoms with Crippen molar-refractivity contribution in [2.45, 2.75) is 256 Å². The van der Waals surface area contributed by atoms with Crippen LogP contribution in [0.4, 0.5) is 0 Å². The molecule has 0 saturated heterocycles. The fraction of sp³-hybridized carbons (Fsp3) is 0.622. The first-order valence-electron chi connectivity index (χ1n) is 40.0. The molecule has 125 heavy (non-hydrogen) atoms. The van der Waals surface area contributed by atoms with Crippen molar-refractivity contribution in [2.75, 3.05) is 19.7 Å². The van der Waals surface area contributed by atoms with E-state index in [1.807, 2.05) is 0 Å². The van der Waals surface area contributed by atoms with Crippen LogP contribution in [-0.2, 0) is 114 Å². The predicted molar refractivity (Wildman–Crippen MR) is 436 cm³/mol. The van der Waals surface area contributed by atoms with Gasteiger partial charge in [-0.2, -0.15) is 0 Å². The standard InChI is InChI=1S/C74H120N26O25/c1-12-33(5)55(77)70(121)98-49(29-101)69(120)94-42(16-19-50(75)102)63(114)88-39(11)62(113)99-56(32(3)4)71(122)96-47(24-41-27-81-31-85-41)67(118)89-36(8)59(110)86-37(9)61(112)95-46(23-40-26-80-30-84-40)66(117)90-38(10)60(111)92-44(18-21-54(107)108)65(116)100-57(34(6)13-2)72(123)97-48(25-51(76)103)68(119)93-43(17-20-53(105)106)64(115)87-35(7)58(109)83-28-52(104)91-45(73(124)125)15-14-22-82-74(78)79/h26-27,30-39,42-49,55-57,101H,12-25,28-29,77H2,1-11H3,(H2,75,102)(H2,76,103)(H,80,84)(H,81,85)(H,83,109)(H,86,110)(H,87,115)(H,88,114)(H,89,118)(H,90,117)(H,91,104)(H,92,111)(H,93,119)(H,94,120)(H,95,112)(H,96,122)(H,97,123)(H,98,121)(H,99,113)(H,100,116)(H,105,106)(H,107,108)(H,124,125)(H4,78,79,82)/t33-,34-,35-,36-,37-,38-,39-,42-,43-,44-,45-,46-,47-,48-,49-,55-,56-,57-/m0/s1. The van der Waals surface area contributed by atoms with Crippen LogP contribution < -0.4 is 113 Å². The number of aliphatic hydroxyl groups is 1. The molecule has 0 aliphatic heterocycles. The highest BCUT2D eigenvalue weighted by atomic mass is 16.4. The van der Waals surface area contributed by atoms with Crippen molar-refractivity contribution in [1.29, 1.82) is 5.41 Å². The number of rotatable bonds is 58. The lowest BCUT2D eigenvalue weighted by atomic mass is 9.96. The first-order chi connectivity index (χ1) is 58.5. The Balaban J connectivity index is 2.31. The third-order valence-corrected chi connectivity index (χ3v) is 19.4. The van der Waals surface area contributed by atoms with Gasteiger partial charge in [-0.3, -0.25) is 101 Å². The largest absolute Gasteiger partial charge is 0.481 e. The predicted octanol–water partition coefficient (Wildman–Crippen LogP) is -10.3. The van der Waals surface area contributed by atoms with E-state index in [0.717, 1.165) is 13.8 Å². The lowest BCUT2D eigenvalue weighted by Crippen LogP contribution is -2.61. The van der Waals surface area contributed by atoms with Crippen molar-refractivity contribution >= 4 is 130 Å². The van der Waals surface area contributed by atoms with Gasteiger partial charge < -0.3 is 144 Å². The molecule has 18 amide bonds. The lowest BCUT2D eigenvalue weighted by Gasteiger charge is -2.29. The molecule has 51 heteroatoms. The number of H-pyrrole nitrogens is 2. The summed E-state index contributed by atoms with van der Waals surface area (Å²) in [5, 5.41) is 86.1. The smallest absolute Gasteiger partial charge is 0.326 e. The molecular formula is C74H120N26O25. The third kappa shape index (κ3) is 39.5. The molecular weight excluding hydrogens is 1650 g/mol. The van der Waals surface area contributed by atoms with Gasteiger partial charge in [0, 0.05) is 62.4 Å². The molecule has 2 aromatic heterocycles. The number of aromatic amines is 2. The number of aliphatic hydroxyl groups excluding tert-OH is 1. The van der Waals surface area contributed by atoms with Crippen molar-refractivity contribution in [2.24, 2.45) is 40.7 Å². The zero-order valence-corrected chi connectivity index (χ0v) is 71.2. The SMILES string of the molecule is CC[C@H](C)[C@H](N)C(=O)N[C@@H](CO)C(=O)N[C@@H](CCC(N)=O)C(=O)N[C@@H](C)C(=O)N[C@H](C(=O)N[C@@H](Cc1cnc[nH]1)C(=O)N[C@@H](C)C(=O)N[C@@H](C)C(=O)N[C@@H](Cc1cnc[nH]1)C(=O)N[C@@H](C)C(=O)N[C@@H](CCC(=O)O)C(=O)N[C@H](C(=O)N[C@@H](CC(N)=O)C(=O)N[C@@H](CCC(=O)O)C(=O)N[C@@H](C)C(=O)NCC(=O)N[C@@H](CCCNC(=N)N)C(=O)O)[C@@H](C)CC)C(C)C. The Morgan fingerprint density at radius 2 is 0.752 bits per heavy atom. The van der Waals surface area contributed by atoms with E-state index >= 15 is 0 Å². The van der Waals surface area contributed by atoms with Gasteiger partial charge in [0.15, 0.2) is 5.96 Å². The molecule has 0 aliphatic carbocycles. The van der Waals surface area contributed by atoms with Crippen molar-refractivity contribution in [1.82, 2.24) is 110 Å². The Morgan fingerprint density at radius 3 is 1.16 bits per heavy atom. The highest BCUT2D eigenvalue weighted by Gasteiger charge is 2.39. The summed E-state index contributed by atoms with van der Waals surface area (Å²) in [5.41, 5.74) is 22.5. The van der Waals surface area contributed by atoms with Gasteiger partial charge in [0.05, 0.1) is 38.3 Å². The maximum absolute atomic E-state index is 14.3. The first kappa shape index (κ1) is 108. The lowest BCUT2D eigenvalue weighted by molar-refractivity contribution is -0.142. The topological polar surface area (TPSA) is 829 Å². The fourth-order valence-corrected chi connectivity index (χ4v) is 11.4. The van der Waals surface area contributed by atoms with Crippen molar-refractivity contribution in [3.8, 4) is 0 Å². The average molecular weight is 1770 g/mol. The summed E-state index contributed by atoms with van der Waals surface area (Å²) in [6.07, 6.45) is 0.412. The molecule has 32 N–H and O–H groups in total. The number of aliphatic carboxylic acids is 3. The summed E-state index contributed by atoms with van der Waals surface area (Å²) in [4.78, 5) is 293. The molecule has 0 spiro atoms. The fourth-order valence-electron chi connectivity index (χ4n) is 11.4. The van der Waals surface area contributed by atoms with Crippen LogP contribution >= 0.6 is 0 Å². The monoisotopic (exact) mass is 1770 g/mol. The van der Waals surface area contributed by atoms with Crippen LogP contribution in [0.5, 0.6) is 0 Å². The minimum atomic E-state index is -1.98. The number of carboxylic acids is 3. The van der Waals surface area contributed by atoms with Gasteiger partial charge in [0.2, 0.25) is 106 Å². The molecule has 2 rings (SSSR count). The number of primary amides is 2. The molecule has 0 aromatic carbocycles. The molecule has 0 saturated carbocycles. The van der Waals surface area contributed by atoms with E-state index in [2.05, 4.69) is 110 Å². The van der Waals surface area contributed by atoms with E-state index in [1.54, 1.807) is 20.8 Å². The summed E-state index contributed by atoms with van der Waals surface area (Å²) in [6, 6.07) is -25.1. The molecule has 2 aromatic rings. The van der Waals surface area contributed by atoms with Crippen molar-refractivity contribution < 1.29 is 121 Å². The Morgan fingerprint density at radius 1 is 0.392 bits per heavy atom. The van der Waals surface area contributed by atoms with Crippen LogP contribution in [0.3, 0.4) is 0 Å². The second kappa shape index (κ2) is 54.1. The van der Waals surface area contributed by atoms with Crippen LogP contribution in [0, 0.1) is 23.2 Å². The van der Waals surface area contributed by atoms with Gasteiger partial charge in [-0.1, -0.05) is 54.4 Å². The summed E-state index contributed by atoms with van der Waals surface area (Å²) in [6.45, 7) is 13.9. The van der Waals surface area contributed by atoms with E-state index in [1.165, 1.54) is 66.6 Å². The number of hydrogen-bond donors (Lipinski definition) is 28. The second-order valence-corrected chi connectivity index (χ2v) is 30.0. The minimum absolute atomic E-state index is 0.0895. The third-order valence-electron chi connectivity index (χ3n) is 19.4. The van der Waals surface area contributed by atoms with Gasteiger partial charge in [-0.05, 0) is 84.5 Å². The van der Waals surface area contributed by atoms with Gasteiger partial charge in [-0.15, -0.1) is 0 Å². The number of aromatic nitrogens is 4. The van der Waals surface area contributed by atoms with Gasteiger partial charge >= 0.3 is 17.9 Å². The Hall–Kier alpha value is -13.5. The summed E-state index contributed by atoms with van der Waals surface area (Å²) in [5.74, 6) is -25.5. The summed E-state index contributed by atoms with van der Waals surface area (Å²) < 4.78 is 0. The van der Waals surface area contributed by atoms with Crippen molar-refractivity contribution in [3.05, 3.63) is 36.4 Å². The number of amides is 18. The van der Waals surface area contributed by atoms with E-state index in [-0.39, 0.29) is 56.2 Å². The number of nitrogens with two attached hydrogens (primary N) is 4. The number of nitrogens with zero attached hydrogens (tertiary/aromatic N) is 2. The van der Waals surface area contributed by atoms with Crippen molar-refractivity contribution in [3.63, 3.8) is 0 Å². The number of carbonyl (C=O) groups is 21. The normalized spacial score (nSPS) is 15.3. The molecule has 0 aliphatic rings. The molecule has 0 bridgehead atoms. The van der Waals surface area contributed by atoms with E-state index in [0.29, 0.717) is 12.1 Å². The second-order valence-electron chi connectivity index (χ2n) is 30.0. The quantitative estimate of drug-likeness (QED) is 0.0166. The highest BCUT2D eigenvalue weighted by Crippen LogP contribution is 2.15. The Bertz CT molecular complexity index is 4090. The molecule has 0 fully saturated rings. The number of guanidine groups is 1. The van der Waals surface area contributed by atoms with Gasteiger partial charge in [0.25, 0.3) is 0 Å². The van der Waals surface area contributed by atoms with E-state index in [4.69, 9.17) is 28.3 Å². The maximum Gasteiger partial charge on any atom is 0.326 e. The maximum atomic E-state index is 14.3. The molecule has 2 heterocycles. The molecule has 18 atom stereocenters. The first-order valence-corrected chi connectivity index (χ1v) is 40.0. The van der Waals surface area contributed by atoms with Gasteiger partial charge in [0.1, 0.15) is 90.6 Å². The molecule has 696 valence electrons. The summed E-state index contributed by atoms with van der Waals surface area (Å²) >= 11 is 0. The van der Waals surface area contributed by atoms with Crippen LogP contribution in [0.1, 0.15) is 158 Å². The van der Waals surface area contributed by atoms with Crippen LogP contribution in [-0.4, -0.2) is 287 Å². The number of carboxylic acid groups (broad SMARTS) is 3. The minimum Gasteiger partial charge on any atom is -0.481 e.